The van der Waals surface area contributed by atoms with E-state index in [0.717, 1.165) is 0 Å². The number of ether oxygens (including phenoxy) is 2. The van der Waals surface area contributed by atoms with Gasteiger partial charge in [-0.25, -0.2) is 14.5 Å². The van der Waals surface area contributed by atoms with E-state index < -0.39 is 27.0 Å². The van der Waals surface area contributed by atoms with E-state index in [1.807, 2.05) is 0 Å². The van der Waals surface area contributed by atoms with Crippen LogP contribution in [0.1, 0.15) is 16.1 Å². The van der Waals surface area contributed by atoms with Crippen molar-refractivity contribution in [3.63, 3.8) is 0 Å². The van der Waals surface area contributed by atoms with Gasteiger partial charge >= 0.3 is 6.03 Å². The molecular weight excluding hydrogens is 404 g/mol. The first-order valence-electron chi connectivity index (χ1n) is 8.07. The number of pyridine rings is 1. The summed E-state index contributed by atoms with van der Waals surface area (Å²) >= 11 is 0. The van der Waals surface area contributed by atoms with Gasteiger partial charge in [0.1, 0.15) is 0 Å². The number of aryl methyl sites for hydroxylation is 1. The molecule has 3 amide bonds. The number of methoxy groups -OCH3 is 2. The molecule has 2 aromatic rings. The Labute approximate surface area is 167 Å². The SMILES string of the molecule is COc1cc(OC)nc(NC(=O)NS(=O)(=O)c2nc(C)ccc2C(=O)N(C)C)n1. The maximum Gasteiger partial charge on any atom is 0.335 e. The van der Waals surface area contributed by atoms with Crippen molar-refractivity contribution in [2.75, 3.05) is 33.6 Å². The van der Waals surface area contributed by atoms with Gasteiger partial charge in [-0.3, -0.25) is 10.1 Å². The fourth-order valence-corrected chi connectivity index (χ4v) is 3.21. The van der Waals surface area contributed by atoms with Gasteiger partial charge in [0.2, 0.25) is 17.7 Å². The number of anilines is 1. The van der Waals surface area contributed by atoms with Crippen LogP contribution in [0, 0.1) is 6.92 Å². The number of amides is 3. The second-order valence-corrected chi connectivity index (χ2v) is 7.44. The van der Waals surface area contributed by atoms with E-state index >= 15 is 0 Å². The fraction of sp³-hybridized carbons (Fsp3) is 0.312. The Morgan fingerprint density at radius 1 is 1.03 bits per heavy atom. The van der Waals surface area contributed by atoms with Crippen LogP contribution >= 0.6 is 0 Å². The number of hydrogen-bond acceptors (Lipinski definition) is 9. The molecule has 0 bridgehead atoms. The minimum Gasteiger partial charge on any atom is -0.481 e. The lowest BCUT2D eigenvalue weighted by molar-refractivity contribution is 0.0823. The summed E-state index contributed by atoms with van der Waals surface area (Å²) in [5.41, 5.74) is 0.169. The van der Waals surface area contributed by atoms with E-state index in [2.05, 4.69) is 20.3 Å². The normalized spacial score (nSPS) is 10.8. The molecule has 0 saturated heterocycles. The monoisotopic (exact) mass is 424 g/mol. The van der Waals surface area contributed by atoms with Crippen LogP contribution in [0.15, 0.2) is 23.2 Å². The first-order chi connectivity index (χ1) is 13.6. The Bertz CT molecular complexity index is 1020. The predicted molar refractivity (Wildman–Crippen MR) is 101 cm³/mol. The third-order valence-electron chi connectivity index (χ3n) is 3.44. The molecule has 0 atom stereocenters. The van der Waals surface area contributed by atoms with Gasteiger partial charge in [0, 0.05) is 19.8 Å². The molecule has 0 spiro atoms. The topological polar surface area (TPSA) is 153 Å². The van der Waals surface area contributed by atoms with Gasteiger partial charge in [-0.2, -0.15) is 18.4 Å². The maximum absolute atomic E-state index is 12.7. The molecule has 0 saturated carbocycles. The standard InChI is InChI=1S/C16H20N6O6S/c1-9-6-7-10(14(23)22(2)3)13(17-9)29(25,26)21-16(24)20-15-18-11(27-4)8-12(19-15)28-5/h6-8H,1-5H3,(H2,18,19,20,21,24). The minimum absolute atomic E-state index is 0.0919. The molecule has 156 valence electrons. The van der Waals surface area contributed by atoms with Gasteiger partial charge in [0.15, 0.2) is 5.03 Å². The van der Waals surface area contributed by atoms with Crippen LogP contribution in [-0.4, -0.2) is 68.5 Å². The Balaban J connectivity index is 2.31. The molecule has 0 unspecified atom stereocenters. The molecule has 0 aliphatic carbocycles. The number of urea groups is 1. The van der Waals surface area contributed by atoms with Crippen LogP contribution < -0.4 is 19.5 Å². The number of carbonyl (C=O) groups excluding carboxylic acids is 2. The molecule has 0 aliphatic rings. The van der Waals surface area contributed by atoms with Gasteiger partial charge in [-0.05, 0) is 19.1 Å². The number of hydrogen-bond donors (Lipinski definition) is 2. The third kappa shape index (κ3) is 5.28. The number of carbonyl (C=O) groups is 2. The van der Waals surface area contributed by atoms with Gasteiger partial charge in [0.05, 0.1) is 25.8 Å². The summed E-state index contributed by atoms with van der Waals surface area (Å²) in [5, 5.41) is 1.60. The molecule has 2 aromatic heterocycles. The smallest absolute Gasteiger partial charge is 0.335 e. The highest BCUT2D eigenvalue weighted by molar-refractivity contribution is 7.90. The summed E-state index contributed by atoms with van der Waals surface area (Å²) in [6.07, 6.45) is 0. The number of nitrogens with one attached hydrogen (secondary N) is 2. The molecule has 0 fully saturated rings. The summed E-state index contributed by atoms with van der Waals surface area (Å²) < 4.78 is 37.1. The highest BCUT2D eigenvalue weighted by Crippen LogP contribution is 2.18. The van der Waals surface area contributed by atoms with Crippen LogP contribution in [0.5, 0.6) is 11.8 Å². The average molecular weight is 424 g/mol. The first kappa shape index (κ1) is 21.8. The molecule has 0 radical (unpaired) electrons. The second kappa shape index (κ2) is 8.68. The zero-order chi connectivity index (χ0) is 21.8. The highest BCUT2D eigenvalue weighted by atomic mass is 32.2. The van der Waals surface area contributed by atoms with E-state index in [0.29, 0.717) is 5.69 Å². The fourth-order valence-electron chi connectivity index (χ4n) is 2.11. The first-order valence-corrected chi connectivity index (χ1v) is 9.56. The number of aromatic nitrogens is 3. The third-order valence-corrected chi connectivity index (χ3v) is 4.71. The molecule has 13 heteroatoms. The highest BCUT2D eigenvalue weighted by Gasteiger charge is 2.27. The number of sulfonamides is 1. The minimum atomic E-state index is -4.48. The lowest BCUT2D eigenvalue weighted by Gasteiger charge is -2.14. The number of rotatable bonds is 6. The lowest BCUT2D eigenvalue weighted by atomic mass is 10.2. The van der Waals surface area contributed by atoms with E-state index in [1.165, 1.54) is 51.4 Å². The zero-order valence-corrected chi connectivity index (χ0v) is 17.2. The molecule has 29 heavy (non-hydrogen) atoms. The van der Waals surface area contributed by atoms with Crippen molar-refractivity contribution in [1.82, 2.24) is 24.6 Å². The van der Waals surface area contributed by atoms with E-state index in [-0.39, 0.29) is 23.3 Å². The van der Waals surface area contributed by atoms with Gasteiger partial charge in [-0.15, -0.1) is 0 Å². The summed E-state index contributed by atoms with van der Waals surface area (Å²) in [4.78, 5) is 37.3. The largest absolute Gasteiger partial charge is 0.481 e. The lowest BCUT2D eigenvalue weighted by Crippen LogP contribution is -2.37. The second-order valence-electron chi connectivity index (χ2n) is 5.84. The van der Waals surface area contributed by atoms with Crippen LogP contribution in [0.25, 0.3) is 0 Å². The quantitative estimate of drug-likeness (QED) is 0.671. The predicted octanol–water partition coefficient (Wildman–Crippen LogP) is 0.409. The number of nitrogens with zero attached hydrogens (tertiary/aromatic N) is 4. The van der Waals surface area contributed by atoms with Crippen molar-refractivity contribution in [2.24, 2.45) is 0 Å². The Morgan fingerprint density at radius 2 is 1.62 bits per heavy atom. The van der Waals surface area contributed by atoms with Crippen LogP contribution in [-0.2, 0) is 10.0 Å². The Hall–Kier alpha value is -3.48. The molecule has 0 aromatic carbocycles. The van der Waals surface area contributed by atoms with E-state index in [9.17, 15) is 18.0 Å². The van der Waals surface area contributed by atoms with Gasteiger partial charge in [0.25, 0.3) is 15.9 Å². The zero-order valence-electron chi connectivity index (χ0n) is 16.4. The molecule has 2 heterocycles. The van der Waals surface area contributed by atoms with Crippen molar-refractivity contribution in [2.45, 2.75) is 11.9 Å². The molecular formula is C16H20N6O6S. The van der Waals surface area contributed by atoms with Crippen molar-refractivity contribution in [3.8, 4) is 11.8 Å². The Morgan fingerprint density at radius 3 is 2.14 bits per heavy atom. The van der Waals surface area contributed by atoms with Crippen molar-refractivity contribution in [1.29, 1.82) is 0 Å². The maximum atomic E-state index is 12.7. The van der Waals surface area contributed by atoms with Crippen LogP contribution in [0.4, 0.5) is 10.7 Å². The van der Waals surface area contributed by atoms with Crippen LogP contribution in [0.2, 0.25) is 0 Å². The molecule has 2 N–H and O–H groups in total. The summed E-state index contributed by atoms with van der Waals surface area (Å²) in [5.74, 6) is -0.654. The van der Waals surface area contributed by atoms with Gasteiger partial charge < -0.3 is 14.4 Å². The summed E-state index contributed by atoms with van der Waals surface area (Å²) in [6, 6.07) is 3.03. The average Bonchev–Trinajstić information content (AvgIpc) is 2.66. The van der Waals surface area contributed by atoms with Crippen LogP contribution in [0.3, 0.4) is 0 Å². The Kier molecular flexibility index (Phi) is 6.53. The molecule has 0 aliphatic heterocycles. The van der Waals surface area contributed by atoms with E-state index in [4.69, 9.17) is 9.47 Å². The van der Waals surface area contributed by atoms with Crippen molar-refractivity contribution in [3.05, 3.63) is 29.5 Å². The molecule has 2 rings (SSSR count). The van der Waals surface area contributed by atoms with Crippen molar-refractivity contribution >= 4 is 27.9 Å². The van der Waals surface area contributed by atoms with E-state index in [1.54, 1.807) is 11.6 Å². The summed E-state index contributed by atoms with van der Waals surface area (Å²) in [6.45, 7) is 1.55. The van der Waals surface area contributed by atoms with Crippen molar-refractivity contribution < 1.29 is 27.5 Å². The van der Waals surface area contributed by atoms with Gasteiger partial charge in [-0.1, -0.05) is 0 Å². The molecule has 12 nitrogen and oxygen atoms in total. The summed E-state index contributed by atoms with van der Waals surface area (Å²) in [7, 11) is 1.15.